The molecule has 4 aliphatic rings. The van der Waals surface area contributed by atoms with Crippen molar-refractivity contribution in [3.8, 4) is 11.1 Å². The van der Waals surface area contributed by atoms with E-state index in [1.165, 1.54) is 119 Å². The second-order valence-electron chi connectivity index (χ2n) is 26.8. The Kier molecular flexibility index (Phi) is 11.2. The van der Waals surface area contributed by atoms with Gasteiger partial charge in [0.1, 0.15) is 0 Å². The Hall–Kier alpha value is -6.78. The SMILES string of the molecule is CC(C)(C)c1ccc(N2c3ccc(C(C)(C)C)cc3B3c4ccccc4N(c4ccc(C(C)(C)C)cc4-c4ccccc4)c4cc(N5c6ccccc6C6(c7ccc(C(C)(C)C)cc7)CCCCC56C)cc2c43)cc1. The summed E-state index contributed by atoms with van der Waals surface area (Å²) < 4.78 is 0. The molecule has 8 aromatic rings. The van der Waals surface area contributed by atoms with Gasteiger partial charge in [-0.05, 0) is 151 Å². The van der Waals surface area contributed by atoms with E-state index < -0.39 is 0 Å². The number of anilines is 8. The van der Waals surface area contributed by atoms with Crippen LogP contribution in [0, 0.1) is 0 Å². The topological polar surface area (TPSA) is 9.72 Å². The van der Waals surface area contributed by atoms with Crippen molar-refractivity contribution >= 4 is 68.6 Å². The highest BCUT2D eigenvalue weighted by atomic mass is 15.3. The van der Waals surface area contributed by atoms with Crippen molar-refractivity contribution in [3.05, 3.63) is 209 Å². The third-order valence-corrected chi connectivity index (χ3v) is 18.0. The van der Waals surface area contributed by atoms with Crippen molar-refractivity contribution in [3.63, 3.8) is 0 Å². The monoisotopic (exact) mass is 982 g/mol. The molecule has 1 fully saturated rings. The average Bonchev–Trinajstić information content (AvgIpc) is 3.66. The van der Waals surface area contributed by atoms with Crippen LogP contribution in [0.4, 0.5) is 45.5 Å². The molecule has 378 valence electrons. The Balaban J connectivity index is 1.20. The minimum absolute atomic E-state index is 0.00975. The van der Waals surface area contributed by atoms with Gasteiger partial charge >= 0.3 is 0 Å². The zero-order chi connectivity index (χ0) is 52.6. The number of hydrogen-bond donors (Lipinski definition) is 0. The first-order valence-corrected chi connectivity index (χ1v) is 27.9. The zero-order valence-corrected chi connectivity index (χ0v) is 47.0. The molecule has 0 bridgehead atoms. The minimum Gasteiger partial charge on any atom is -0.334 e. The van der Waals surface area contributed by atoms with Crippen molar-refractivity contribution in [1.29, 1.82) is 0 Å². The van der Waals surface area contributed by atoms with E-state index in [4.69, 9.17) is 0 Å². The van der Waals surface area contributed by atoms with E-state index in [0.717, 1.165) is 12.8 Å². The normalized spacial score (nSPS) is 19.1. The third kappa shape index (κ3) is 7.66. The predicted molar refractivity (Wildman–Crippen MR) is 323 cm³/mol. The summed E-state index contributed by atoms with van der Waals surface area (Å²) in [5.74, 6) is 0. The molecule has 75 heavy (non-hydrogen) atoms. The largest absolute Gasteiger partial charge is 0.334 e. The lowest BCUT2D eigenvalue weighted by atomic mass is 9.33. The number of hydrogen-bond acceptors (Lipinski definition) is 3. The Labute approximate surface area is 449 Å². The van der Waals surface area contributed by atoms with Crippen LogP contribution in [0.5, 0.6) is 0 Å². The molecule has 8 aromatic carbocycles. The van der Waals surface area contributed by atoms with E-state index in [2.05, 4.69) is 281 Å². The Bertz CT molecular complexity index is 3510. The van der Waals surface area contributed by atoms with Crippen LogP contribution in [0.1, 0.15) is 149 Å². The van der Waals surface area contributed by atoms with Gasteiger partial charge in [-0.3, -0.25) is 0 Å². The molecule has 3 nitrogen and oxygen atoms in total. The van der Waals surface area contributed by atoms with Crippen LogP contribution in [-0.4, -0.2) is 12.3 Å². The number of benzene rings is 8. The van der Waals surface area contributed by atoms with E-state index in [0.29, 0.717) is 0 Å². The Morgan fingerprint density at radius 1 is 0.400 bits per heavy atom. The van der Waals surface area contributed by atoms with Crippen molar-refractivity contribution in [2.45, 2.75) is 148 Å². The highest BCUT2D eigenvalue weighted by Gasteiger charge is 2.61. The zero-order valence-electron chi connectivity index (χ0n) is 47.0. The van der Waals surface area contributed by atoms with Crippen LogP contribution < -0.4 is 31.1 Å². The van der Waals surface area contributed by atoms with Crippen LogP contribution in [-0.2, 0) is 27.1 Å². The Morgan fingerprint density at radius 3 is 1.55 bits per heavy atom. The summed E-state index contributed by atoms with van der Waals surface area (Å²) >= 11 is 0. The van der Waals surface area contributed by atoms with E-state index in [9.17, 15) is 0 Å². The van der Waals surface area contributed by atoms with E-state index >= 15 is 0 Å². The number of fused-ring (bicyclic) bond motifs is 7. The smallest absolute Gasteiger partial charge is 0.252 e. The molecule has 0 aromatic heterocycles. The molecule has 1 saturated carbocycles. The summed E-state index contributed by atoms with van der Waals surface area (Å²) in [7, 11) is 0. The van der Waals surface area contributed by atoms with Gasteiger partial charge in [0.25, 0.3) is 6.71 Å². The lowest BCUT2D eigenvalue weighted by molar-refractivity contribution is 0.215. The van der Waals surface area contributed by atoms with Gasteiger partial charge < -0.3 is 14.7 Å². The van der Waals surface area contributed by atoms with Gasteiger partial charge in [-0.2, -0.15) is 0 Å². The lowest BCUT2D eigenvalue weighted by Crippen LogP contribution is -2.61. The standard InChI is InChI=1S/C71H76BN3/c1-66(2,3)48-29-31-50(32-30-48)71-42-22-21-41-70(71,13)75(60-27-19-17-25-56(60)71)54-45-63-65-64(46-54)74(59-39-35-51(68(7,8)9)43-55(59)47-23-15-14-16-24-47)61-28-20-18-26-57(61)72(65)58-44-52(69(10,11)12)36-40-62(58)73(63)53-37-33-49(34-38-53)67(4,5)6/h14-20,23-40,43-46H,21-22,41-42H2,1-13H3. The highest BCUT2D eigenvalue weighted by molar-refractivity contribution is 7.00. The molecule has 4 heteroatoms. The first kappa shape index (κ1) is 49.1. The molecule has 0 spiro atoms. The van der Waals surface area contributed by atoms with Crippen molar-refractivity contribution in [1.82, 2.24) is 0 Å². The number of rotatable bonds is 5. The summed E-state index contributed by atoms with van der Waals surface area (Å²) in [5, 5.41) is 0. The fraction of sp³-hybridized carbons (Fsp3) is 0.324. The molecule has 0 saturated heterocycles. The van der Waals surface area contributed by atoms with Crippen molar-refractivity contribution < 1.29 is 0 Å². The second kappa shape index (κ2) is 17.1. The van der Waals surface area contributed by atoms with Crippen LogP contribution in [0.3, 0.4) is 0 Å². The minimum atomic E-state index is -0.271. The molecule has 3 aliphatic heterocycles. The maximum Gasteiger partial charge on any atom is 0.252 e. The van der Waals surface area contributed by atoms with E-state index in [1.807, 2.05) is 0 Å². The fourth-order valence-corrected chi connectivity index (χ4v) is 13.9. The lowest BCUT2D eigenvalue weighted by Gasteiger charge is -2.53. The van der Waals surface area contributed by atoms with E-state index in [1.54, 1.807) is 0 Å². The molecule has 0 radical (unpaired) electrons. The second-order valence-corrected chi connectivity index (χ2v) is 26.8. The number of para-hydroxylation sites is 2. The van der Waals surface area contributed by atoms with Gasteiger partial charge in [-0.15, -0.1) is 0 Å². The molecule has 0 amide bonds. The van der Waals surface area contributed by atoms with Gasteiger partial charge in [-0.25, -0.2) is 0 Å². The molecule has 2 unspecified atom stereocenters. The highest BCUT2D eigenvalue weighted by Crippen LogP contribution is 2.64. The molecule has 12 rings (SSSR count). The fourth-order valence-electron chi connectivity index (χ4n) is 13.9. The third-order valence-electron chi connectivity index (χ3n) is 18.0. The summed E-state index contributed by atoms with van der Waals surface area (Å²) in [6.07, 6.45) is 4.55. The molecule has 1 aliphatic carbocycles. The first-order chi connectivity index (χ1) is 35.6. The molecule has 2 atom stereocenters. The van der Waals surface area contributed by atoms with Gasteiger partial charge in [0.2, 0.25) is 0 Å². The van der Waals surface area contributed by atoms with Crippen LogP contribution in [0.2, 0.25) is 0 Å². The van der Waals surface area contributed by atoms with Gasteiger partial charge in [0, 0.05) is 50.8 Å². The van der Waals surface area contributed by atoms with Crippen LogP contribution in [0.15, 0.2) is 176 Å². The van der Waals surface area contributed by atoms with Gasteiger partial charge in [0.05, 0.1) is 11.2 Å². The molecule has 3 heterocycles. The predicted octanol–water partition coefficient (Wildman–Crippen LogP) is 17.4. The quantitative estimate of drug-likeness (QED) is 0.159. The summed E-state index contributed by atoms with van der Waals surface area (Å²) in [6.45, 7) is 30.6. The van der Waals surface area contributed by atoms with Gasteiger partial charge in [-0.1, -0.05) is 217 Å². The summed E-state index contributed by atoms with van der Waals surface area (Å²) in [4.78, 5) is 8.11. The summed E-state index contributed by atoms with van der Waals surface area (Å²) in [5.41, 5.74) is 24.1. The van der Waals surface area contributed by atoms with Crippen molar-refractivity contribution in [2.24, 2.45) is 0 Å². The Morgan fingerprint density at radius 2 is 0.907 bits per heavy atom. The van der Waals surface area contributed by atoms with Crippen LogP contribution >= 0.6 is 0 Å². The average molecular weight is 982 g/mol. The summed E-state index contributed by atoms with van der Waals surface area (Å²) in [6, 6.07) is 69.1. The van der Waals surface area contributed by atoms with Crippen molar-refractivity contribution in [2.75, 3.05) is 14.7 Å². The van der Waals surface area contributed by atoms with Gasteiger partial charge in [0.15, 0.2) is 0 Å². The number of nitrogens with zero attached hydrogens (tertiary/aromatic N) is 3. The maximum atomic E-state index is 2.82. The maximum absolute atomic E-state index is 2.82. The first-order valence-electron chi connectivity index (χ1n) is 27.9. The molecule has 0 N–H and O–H groups in total. The molecular formula is C71H76BN3. The molecular weight excluding hydrogens is 906 g/mol. The van der Waals surface area contributed by atoms with Crippen LogP contribution in [0.25, 0.3) is 11.1 Å². The van der Waals surface area contributed by atoms with E-state index in [-0.39, 0.29) is 39.3 Å².